The monoisotopic (exact) mass is 296 g/mol. The molecule has 6 heteroatoms. The lowest BCUT2D eigenvalue weighted by Gasteiger charge is -2.09. The molecule has 0 saturated carbocycles. The summed E-state index contributed by atoms with van der Waals surface area (Å²) in [5.74, 6) is 1.40. The Morgan fingerprint density at radius 1 is 1.05 bits per heavy atom. The van der Waals surface area contributed by atoms with Crippen LogP contribution < -0.4 is 26.0 Å². The zero-order valence-electron chi connectivity index (χ0n) is 12.1. The van der Waals surface area contributed by atoms with Crippen molar-refractivity contribution < 1.29 is 9.53 Å². The first-order chi connectivity index (χ1) is 10.6. The number of fused-ring (bicyclic) bond motifs is 1. The van der Waals surface area contributed by atoms with Gasteiger partial charge < -0.3 is 26.0 Å². The number of anilines is 4. The van der Waals surface area contributed by atoms with Gasteiger partial charge in [0, 0.05) is 17.4 Å². The zero-order chi connectivity index (χ0) is 15.5. The molecule has 0 bridgehead atoms. The molecule has 6 nitrogen and oxygen atoms in total. The highest BCUT2D eigenvalue weighted by atomic mass is 16.5. The molecule has 2 aromatic rings. The molecule has 1 heterocycles. The molecule has 112 valence electrons. The second-order valence-electron chi connectivity index (χ2n) is 4.80. The van der Waals surface area contributed by atoms with Gasteiger partial charge in [0.1, 0.15) is 11.6 Å². The van der Waals surface area contributed by atoms with Crippen molar-refractivity contribution in [3.05, 3.63) is 54.9 Å². The van der Waals surface area contributed by atoms with Crippen LogP contribution in [0.4, 0.5) is 27.5 Å². The van der Waals surface area contributed by atoms with Crippen LogP contribution >= 0.6 is 0 Å². The number of hydrogen-bond donors (Lipinski definition) is 4. The van der Waals surface area contributed by atoms with E-state index in [4.69, 9.17) is 4.74 Å². The minimum Gasteiger partial charge on any atom is -0.497 e. The topological polar surface area (TPSA) is 74.4 Å². The quantitative estimate of drug-likeness (QED) is 0.697. The van der Waals surface area contributed by atoms with E-state index in [9.17, 15) is 4.79 Å². The molecule has 0 saturated heterocycles. The van der Waals surface area contributed by atoms with E-state index in [2.05, 4.69) is 27.8 Å². The number of ether oxygens (including phenoxy) is 1. The van der Waals surface area contributed by atoms with E-state index in [1.165, 1.54) is 0 Å². The summed E-state index contributed by atoms with van der Waals surface area (Å²) in [4.78, 5) is 12.0. The Hall–Kier alpha value is -3.15. The smallest absolute Gasteiger partial charge is 0.323 e. The average Bonchev–Trinajstić information content (AvgIpc) is 2.86. The lowest BCUT2D eigenvalue weighted by Crippen LogP contribution is -2.19. The third-order valence-electron chi connectivity index (χ3n) is 3.18. The van der Waals surface area contributed by atoms with Crippen molar-refractivity contribution in [3.63, 3.8) is 0 Å². The van der Waals surface area contributed by atoms with Crippen LogP contribution in [0.2, 0.25) is 0 Å². The Labute approximate surface area is 128 Å². The molecule has 0 radical (unpaired) electrons. The van der Waals surface area contributed by atoms with Gasteiger partial charge in [0.05, 0.1) is 18.5 Å². The van der Waals surface area contributed by atoms with E-state index in [-0.39, 0.29) is 6.03 Å². The van der Waals surface area contributed by atoms with Gasteiger partial charge in [0.2, 0.25) is 0 Å². The molecule has 3 rings (SSSR count). The van der Waals surface area contributed by atoms with Gasteiger partial charge in [0.15, 0.2) is 0 Å². The summed E-state index contributed by atoms with van der Waals surface area (Å²) >= 11 is 0. The standard InChI is InChI=1S/C16H16N4O2/c1-10-17-14-7-6-12(9-15(14)18-10)20-16(21)19-11-4-3-5-13(8-11)22-2/h3-9,17-18H,1H2,2H3,(H2,19,20,21). The second-order valence-corrected chi connectivity index (χ2v) is 4.80. The number of amides is 2. The molecular weight excluding hydrogens is 280 g/mol. The maximum absolute atomic E-state index is 12.0. The lowest BCUT2D eigenvalue weighted by atomic mass is 10.2. The Kier molecular flexibility index (Phi) is 3.57. The molecule has 4 N–H and O–H groups in total. The molecule has 0 spiro atoms. The van der Waals surface area contributed by atoms with Crippen molar-refractivity contribution in [2.24, 2.45) is 0 Å². The summed E-state index contributed by atoms with van der Waals surface area (Å²) in [5, 5.41) is 11.7. The highest BCUT2D eigenvalue weighted by Crippen LogP contribution is 2.32. The van der Waals surface area contributed by atoms with E-state index >= 15 is 0 Å². The maximum atomic E-state index is 12.0. The van der Waals surface area contributed by atoms with Crippen LogP contribution in [0, 0.1) is 0 Å². The van der Waals surface area contributed by atoms with Crippen LogP contribution in [0.25, 0.3) is 0 Å². The van der Waals surface area contributed by atoms with Crippen LogP contribution in [0.15, 0.2) is 54.9 Å². The molecule has 2 aromatic carbocycles. The normalized spacial score (nSPS) is 12.0. The Bertz CT molecular complexity index is 743. The van der Waals surface area contributed by atoms with Gasteiger partial charge in [-0.3, -0.25) is 0 Å². The van der Waals surface area contributed by atoms with Gasteiger partial charge in [0.25, 0.3) is 0 Å². The van der Waals surface area contributed by atoms with Crippen LogP contribution in [0.5, 0.6) is 5.75 Å². The van der Waals surface area contributed by atoms with E-state index in [0.717, 1.165) is 11.4 Å². The molecule has 0 unspecified atom stereocenters. The fraction of sp³-hybridized carbons (Fsp3) is 0.0625. The molecule has 2 amide bonds. The number of carbonyl (C=O) groups is 1. The van der Waals surface area contributed by atoms with Crippen molar-refractivity contribution >= 4 is 28.8 Å². The SMILES string of the molecule is C=C1Nc2ccc(NC(=O)Nc3cccc(OC)c3)cc2N1. The predicted molar refractivity (Wildman–Crippen MR) is 88.5 cm³/mol. The molecule has 0 aliphatic carbocycles. The van der Waals surface area contributed by atoms with Gasteiger partial charge in [-0.1, -0.05) is 12.6 Å². The Morgan fingerprint density at radius 2 is 1.77 bits per heavy atom. The van der Waals surface area contributed by atoms with E-state index < -0.39 is 0 Å². The van der Waals surface area contributed by atoms with Crippen LogP contribution in [0.1, 0.15) is 0 Å². The van der Waals surface area contributed by atoms with Crippen molar-refractivity contribution in [3.8, 4) is 5.75 Å². The second kappa shape index (κ2) is 5.69. The van der Waals surface area contributed by atoms with Gasteiger partial charge >= 0.3 is 6.03 Å². The molecular formula is C16H16N4O2. The Morgan fingerprint density at radius 3 is 2.55 bits per heavy atom. The number of rotatable bonds is 3. The van der Waals surface area contributed by atoms with Gasteiger partial charge in [-0.25, -0.2) is 4.79 Å². The first kappa shape index (κ1) is 13.8. The first-order valence-electron chi connectivity index (χ1n) is 6.73. The number of urea groups is 1. The number of nitrogens with one attached hydrogen (secondary N) is 4. The predicted octanol–water partition coefficient (Wildman–Crippen LogP) is 3.65. The van der Waals surface area contributed by atoms with Crippen LogP contribution in [-0.4, -0.2) is 13.1 Å². The number of methoxy groups -OCH3 is 1. The number of hydrogen-bond acceptors (Lipinski definition) is 4. The first-order valence-corrected chi connectivity index (χ1v) is 6.73. The van der Waals surface area contributed by atoms with Crippen LogP contribution in [-0.2, 0) is 0 Å². The minimum atomic E-state index is -0.321. The fourth-order valence-electron chi connectivity index (χ4n) is 2.19. The molecule has 1 aliphatic rings. The van der Waals surface area contributed by atoms with Crippen molar-refractivity contribution in [1.82, 2.24) is 0 Å². The largest absolute Gasteiger partial charge is 0.497 e. The van der Waals surface area contributed by atoms with E-state index in [0.29, 0.717) is 22.9 Å². The third kappa shape index (κ3) is 2.95. The summed E-state index contributed by atoms with van der Waals surface area (Å²) < 4.78 is 5.12. The van der Waals surface area contributed by atoms with Crippen LogP contribution in [0.3, 0.4) is 0 Å². The van der Waals surface area contributed by atoms with E-state index in [1.807, 2.05) is 30.3 Å². The highest BCUT2D eigenvalue weighted by Gasteiger charge is 2.13. The Balaban J connectivity index is 1.67. The molecule has 0 fully saturated rings. The molecule has 1 aliphatic heterocycles. The summed E-state index contributed by atoms with van der Waals surface area (Å²) in [6.07, 6.45) is 0. The fourth-order valence-corrected chi connectivity index (χ4v) is 2.19. The minimum absolute atomic E-state index is 0.321. The van der Waals surface area contributed by atoms with Gasteiger partial charge in [-0.2, -0.15) is 0 Å². The van der Waals surface area contributed by atoms with Gasteiger partial charge in [-0.05, 0) is 30.3 Å². The van der Waals surface area contributed by atoms with Gasteiger partial charge in [-0.15, -0.1) is 0 Å². The van der Waals surface area contributed by atoms with Crippen molar-refractivity contribution in [2.45, 2.75) is 0 Å². The highest BCUT2D eigenvalue weighted by molar-refractivity contribution is 6.00. The van der Waals surface area contributed by atoms with Crippen molar-refractivity contribution in [2.75, 3.05) is 28.4 Å². The third-order valence-corrected chi connectivity index (χ3v) is 3.18. The summed E-state index contributed by atoms with van der Waals surface area (Å²) in [5.41, 5.74) is 3.15. The molecule has 0 aromatic heterocycles. The molecule has 22 heavy (non-hydrogen) atoms. The number of carbonyl (C=O) groups excluding carboxylic acids is 1. The zero-order valence-corrected chi connectivity index (χ0v) is 12.1. The maximum Gasteiger partial charge on any atom is 0.323 e. The molecule has 0 atom stereocenters. The summed E-state index contributed by atoms with van der Waals surface area (Å²) in [7, 11) is 1.58. The number of benzene rings is 2. The average molecular weight is 296 g/mol. The van der Waals surface area contributed by atoms with E-state index in [1.54, 1.807) is 19.2 Å². The summed E-state index contributed by atoms with van der Waals surface area (Å²) in [6, 6.07) is 12.4. The van der Waals surface area contributed by atoms with Crippen molar-refractivity contribution in [1.29, 1.82) is 0 Å². The summed E-state index contributed by atoms with van der Waals surface area (Å²) in [6.45, 7) is 3.80. The lowest BCUT2D eigenvalue weighted by molar-refractivity contribution is 0.262.